The third-order valence-electron chi connectivity index (χ3n) is 2.70. The highest BCUT2D eigenvalue weighted by atomic mass is 35.5. The normalized spacial score (nSPS) is 11.4. The van der Waals surface area contributed by atoms with Gasteiger partial charge in [0.2, 0.25) is 11.7 Å². The summed E-state index contributed by atoms with van der Waals surface area (Å²) in [5, 5.41) is 8.78. The molecule has 0 radical (unpaired) electrons. The van der Waals surface area contributed by atoms with Gasteiger partial charge in [0.1, 0.15) is 5.02 Å². The van der Waals surface area contributed by atoms with Crippen LogP contribution in [0.4, 0.5) is 24.7 Å². The van der Waals surface area contributed by atoms with E-state index < -0.39 is 49.0 Å². The van der Waals surface area contributed by atoms with E-state index >= 15 is 0 Å². The third-order valence-corrected chi connectivity index (χ3v) is 3.83. The van der Waals surface area contributed by atoms with E-state index in [1.165, 1.54) is 0 Å². The van der Waals surface area contributed by atoms with Gasteiger partial charge in [-0.1, -0.05) is 34.8 Å². The second-order valence-electron chi connectivity index (χ2n) is 4.27. The van der Waals surface area contributed by atoms with Crippen molar-refractivity contribution in [2.75, 3.05) is 5.73 Å². The molecule has 1 aromatic heterocycles. The van der Waals surface area contributed by atoms with Crippen LogP contribution in [0.25, 0.3) is 0 Å². The Hall–Kier alpha value is -1.97. The number of hydrogen-bond acceptors (Lipinski definition) is 5. The van der Waals surface area contributed by atoms with Gasteiger partial charge < -0.3 is 10.5 Å². The van der Waals surface area contributed by atoms with Gasteiger partial charge in [-0.05, 0) is 6.07 Å². The molecule has 6 nitrogen and oxygen atoms in total. The molecule has 0 bridgehead atoms. The number of ether oxygens (including phenoxy) is 1. The molecule has 1 aromatic carbocycles. The summed E-state index contributed by atoms with van der Waals surface area (Å²) < 4.78 is 43.6. The topological polar surface area (TPSA) is 91.3 Å². The number of alkyl halides is 3. The number of nitrogens with zero attached hydrogens (tertiary/aromatic N) is 2. The summed E-state index contributed by atoms with van der Waals surface area (Å²) in [4.78, 5) is 13.5. The van der Waals surface area contributed by atoms with Crippen molar-refractivity contribution in [3.05, 3.63) is 48.9 Å². The Morgan fingerprint density at radius 1 is 1.21 bits per heavy atom. The highest BCUT2D eigenvalue weighted by Crippen LogP contribution is 2.47. The second kappa shape index (κ2) is 6.50. The zero-order valence-electron chi connectivity index (χ0n) is 11.2. The van der Waals surface area contributed by atoms with Crippen LogP contribution in [0, 0.1) is 10.1 Å². The fourth-order valence-corrected chi connectivity index (χ4v) is 2.42. The molecule has 0 aliphatic rings. The maximum Gasteiger partial charge on any atom is 0.417 e. The number of aromatic nitrogens is 1. The molecule has 0 spiro atoms. The number of pyridine rings is 1. The molecule has 0 unspecified atom stereocenters. The lowest BCUT2D eigenvalue weighted by Crippen LogP contribution is -2.07. The van der Waals surface area contributed by atoms with Gasteiger partial charge >= 0.3 is 11.9 Å². The van der Waals surface area contributed by atoms with Gasteiger partial charge in [0, 0.05) is 12.1 Å². The lowest BCUT2D eigenvalue weighted by Gasteiger charge is -2.15. The molecule has 0 fully saturated rings. The fraction of sp³-hybridized carbons (Fsp3) is 0.0833. The maximum absolute atomic E-state index is 12.8. The highest BCUT2D eigenvalue weighted by Gasteiger charge is 2.36. The molecule has 0 saturated heterocycles. The minimum atomic E-state index is -4.76. The zero-order chi connectivity index (χ0) is 18.2. The maximum atomic E-state index is 12.8. The van der Waals surface area contributed by atoms with Crippen LogP contribution in [0.2, 0.25) is 15.1 Å². The van der Waals surface area contributed by atoms with Crippen LogP contribution in [0.3, 0.4) is 0 Å². The average Bonchev–Trinajstić information content (AvgIpc) is 2.45. The summed E-state index contributed by atoms with van der Waals surface area (Å²) in [7, 11) is 0. The number of nitrogen functional groups attached to an aromatic ring is 1. The van der Waals surface area contributed by atoms with Crippen molar-refractivity contribution in [3.63, 3.8) is 0 Å². The average molecular weight is 403 g/mol. The predicted octanol–water partition coefficient (Wildman–Crippen LogP) is 5.34. The Bertz CT molecular complexity index is 831. The Balaban J connectivity index is 2.46. The van der Waals surface area contributed by atoms with Gasteiger partial charge in [0.05, 0.1) is 20.5 Å². The van der Waals surface area contributed by atoms with Crippen molar-refractivity contribution in [2.24, 2.45) is 0 Å². The first kappa shape index (κ1) is 18.4. The Morgan fingerprint density at radius 3 is 2.33 bits per heavy atom. The Labute approximate surface area is 147 Å². The van der Waals surface area contributed by atoms with E-state index in [1.807, 2.05) is 0 Å². The molecular formula is C12H5Cl3F3N3O3. The van der Waals surface area contributed by atoms with Gasteiger partial charge in [-0.15, -0.1) is 0 Å². The summed E-state index contributed by atoms with van der Waals surface area (Å²) in [6, 6.07) is 2.62. The van der Waals surface area contributed by atoms with Gasteiger partial charge in [0.15, 0.2) is 5.75 Å². The van der Waals surface area contributed by atoms with Gasteiger partial charge in [-0.2, -0.15) is 18.2 Å². The SMILES string of the molecule is Nc1nc(Oc2c(Cl)cc(C(F)(F)F)c(Cl)c2Cl)ccc1[N+](=O)[O-]. The van der Waals surface area contributed by atoms with Crippen molar-refractivity contribution < 1.29 is 22.8 Å². The summed E-state index contributed by atoms with van der Waals surface area (Å²) in [6.07, 6.45) is -4.76. The predicted molar refractivity (Wildman–Crippen MR) is 81.9 cm³/mol. The summed E-state index contributed by atoms with van der Waals surface area (Å²) >= 11 is 17.1. The number of benzene rings is 1. The van der Waals surface area contributed by atoms with Crippen molar-refractivity contribution in [3.8, 4) is 11.6 Å². The highest BCUT2D eigenvalue weighted by molar-refractivity contribution is 6.45. The van der Waals surface area contributed by atoms with E-state index in [9.17, 15) is 23.3 Å². The van der Waals surface area contributed by atoms with Crippen LogP contribution in [0.1, 0.15) is 5.56 Å². The molecule has 2 rings (SSSR count). The zero-order valence-corrected chi connectivity index (χ0v) is 13.5. The van der Waals surface area contributed by atoms with Crippen LogP contribution >= 0.6 is 34.8 Å². The van der Waals surface area contributed by atoms with Gasteiger partial charge in [0.25, 0.3) is 0 Å². The van der Waals surface area contributed by atoms with Crippen LogP contribution in [-0.4, -0.2) is 9.91 Å². The van der Waals surface area contributed by atoms with Crippen LogP contribution < -0.4 is 10.5 Å². The van der Waals surface area contributed by atoms with Crippen LogP contribution in [-0.2, 0) is 6.18 Å². The fourth-order valence-electron chi connectivity index (χ4n) is 1.64. The molecule has 0 atom stereocenters. The van der Waals surface area contributed by atoms with Crippen molar-refractivity contribution in [1.82, 2.24) is 4.98 Å². The molecule has 2 aromatic rings. The van der Waals surface area contributed by atoms with Crippen molar-refractivity contribution >= 4 is 46.3 Å². The quantitative estimate of drug-likeness (QED) is 0.425. The van der Waals surface area contributed by atoms with E-state index in [2.05, 4.69) is 4.98 Å². The summed E-state index contributed by atoms with van der Waals surface area (Å²) in [5.74, 6) is -1.11. The largest absolute Gasteiger partial charge is 0.436 e. The number of hydrogen-bond donors (Lipinski definition) is 1. The minimum Gasteiger partial charge on any atom is -0.436 e. The molecule has 2 N–H and O–H groups in total. The van der Waals surface area contributed by atoms with Crippen LogP contribution in [0.5, 0.6) is 11.6 Å². The van der Waals surface area contributed by atoms with E-state index in [0.717, 1.165) is 12.1 Å². The number of nitrogens with two attached hydrogens (primary N) is 1. The number of anilines is 1. The van der Waals surface area contributed by atoms with Crippen LogP contribution in [0.15, 0.2) is 18.2 Å². The molecular weight excluding hydrogens is 398 g/mol. The lowest BCUT2D eigenvalue weighted by atomic mass is 10.2. The van der Waals surface area contributed by atoms with Gasteiger partial charge in [-0.3, -0.25) is 10.1 Å². The van der Waals surface area contributed by atoms with Crippen molar-refractivity contribution in [2.45, 2.75) is 6.18 Å². The molecule has 128 valence electrons. The number of rotatable bonds is 3. The Kier molecular flexibility index (Phi) is 4.97. The molecule has 24 heavy (non-hydrogen) atoms. The van der Waals surface area contributed by atoms with Gasteiger partial charge in [-0.25, -0.2) is 0 Å². The van der Waals surface area contributed by atoms with E-state index in [1.54, 1.807) is 0 Å². The summed E-state index contributed by atoms with van der Waals surface area (Å²) in [5.41, 5.74) is 3.69. The first-order chi connectivity index (χ1) is 11.0. The smallest absolute Gasteiger partial charge is 0.417 e. The third kappa shape index (κ3) is 3.58. The monoisotopic (exact) mass is 401 g/mol. The Morgan fingerprint density at radius 2 is 1.83 bits per heavy atom. The second-order valence-corrected chi connectivity index (χ2v) is 5.44. The number of nitro groups is 1. The molecule has 12 heteroatoms. The molecule has 0 amide bonds. The first-order valence-electron chi connectivity index (χ1n) is 5.85. The van der Waals surface area contributed by atoms with E-state index in [4.69, 9.17) is 45.3 Å². The molecule has 0 aliphatic carbocycles. The molecule has 0 saturated carbocycles. The first-order valence-corrected chi connectivity index (χ1v) is 6.99. The number of halogens is 6. The minimum absolute atomic E-state index is 0.266. The van der Waals surface area contributed by atoms with E-state index in [-0.39, 0.29) is 5.88 Å². The molecule has 1 heterocycles. The van der Waals surface area contributed by atoms with E-state index in [0.29, 0.717) is 6.07 Å². The standard InChI is InChI=1S/C12H5Cl3F3N3O3/c13-5-3-4(12(16,17)18)8(14)9(15)10(5)24-7-2-1-6(21(22)23)11(19)20-7/h1-3H,(H2,19,20). The van der Waals surface area contributed by atoms with Crippen molar-refractivity contribution in [1.29, 1.82) is 0 Å². The lowest BCUT2D eigenvalue weighted by molar-refractivity contribution is -0.384. The summed E-state index contributed by atoms with van der Waals surface area (Å²) in [6.45, 7) is 0. The molecule has 0 aliphatic heterocycles.